The van der Waals surface area contributed by atoms with Crippen molar-refractivity contribution in [2.75, 3.05) is 0 Å². The summed E-state index contributed by atoms with van der Waals surface area (Å²) in [5.41, 5.74) is 3.55. The van der Waals surface area contributed by atoms with Gasteiger partial charge < -0.3 is 8.83 Å². The van der Waals surface area contributed by atoms with Crippen LogP contribution in [0.15, 0.2) is 102 Å². The average Bonchev–Trinajstić information content (AvgIpc) is 3.48. The number of rotatable bonds is 4. The number of aliphatic imine (C=N–C) groups is 1. The predicted octanol–water partition coefficient (Wildman–Crippen LogP) is 7.69. The fourth-order valence-corrected chi connectivity index (χ4v) is 5.34. The molecule has 0 saturated heterocycles. The number of thiazole rings is 1. The van der Waals surface area contributed by atoms with Crippen LogP contribution in [0.5, 0.6) is 0 Å². The highest BCUT2D eigenvalue weighted by Crippen LogP contribution is 2.35. The molecule has 0 saturated carbocycles. The van der Waals surface area contributed by atoms with Crippen molar-refractivity contribution < 1.29 is 8.83 Å². The van der Waals surface area contributed by atoms with E-state index in [1.807, 2.05) is 66.7 Å². The number of benzene rings is 3. The maximum Gasteiger partial charge on any atom is 0.168 e. The third-order valence-corrected chi connectivity index (χ3v) is 6.79. The lowest BCUT2D eigenvalue weighted by Gasteiger charge is -1.94. The Bertz CT molecular complexity index is 1510. The predicted molar refractivity (Wildman–Crippen MR) is 123 cm³/mol. The van der Waals surface area contributed by atoms with E-state index in [9.17, 15) is 0 Å². The minimum absolute atomic E-state index is 0.698. The van der Waals surface area contributed by atoms with Crippen LogP contribution >= 0.6 is 23.1 Å². The van der Waals surface area contributed by atoms with Gasteiger partial charge in [-0.3, -0.25) is 4.99 Å². The molecule has 0 radical (unpaired) electrons. The zero-order valence-corrected chi connectivity index (χ0v) is 17.2. The first-order chi connectivity index (χ1) is 14.8. The van der Waals surface area contributed by atoms with Gasteiger partial charge in [0, 0.05) is 16.8 Å². The maximum absolute atomic E-state index is 5.93. The van der Waals surface area contributed by atoms with Crippen molar-refractivity contribution >= 4 is 67.2 Å². The average molecular weight is 427 g/mol. The summed E-state index contributed by atoms with van der Waals surface area (Å²) in [6, 6.07) is 26.0. The van der Waals surface area contributed by atoms with E-state index in [-0.39, 0.29) is 0 Å². The fourth-order valence-electron chi connectivity index (χ4n) is 3.37. The molecule has 0 spiro atoms. The van der Waals surface area contributed by atoms with Crippen molar-refractivity contribution in [1.29, 1.82) is 0 Å². The van der Waals surface area contributed by atoms with Crippen LogP contribution in [0.4, 0.5) is 5.69 Å². The number of aromatic nitrogens is 1. The molecule has 0 aliphatic rings. The van der Waals surface area contributed by atoms with Crippen molar-refractivity contribution in [2.45, 2.75) is 9.43 Å². The fraction of sp³-hybridized carbons (Fsp3) is 0. The SMILES string of the molecule is C(=Nc1ccc2c(c1)oc1ccccc12)c1ccc(Sc2nc3ccccc3s2)o1. The van der Waals surface area contributed by atoms with Crippen LogP contribution in [0.25, 0.3) is 32.2 Å². The first kappa shape index (κ1) is 17.5. The molecule has 0 unspecified atom stereocenters. The number of fused-ring (bicyclic) bond motifs is 4. The Morgan fingerprint density at radius 1 is 0.833 bits per heavy atom. The molecule has 3 aromatic carbocycles. The zero-order valence-electron chi connectivity index (χ0n) is 15.6. The molecule has 6 aromatic rings. The van der Waals surface area contributed by atoms with Gasteiger partial charge in [-0.2, -0.15) is 0 Å². The standard InChI is InChI=1S/C24H14N2O2S2/c1-3-7-20-17(5-1)18-11-9-15(13-21(18)28-20)25-14-16-10-12-23(27-16)30-24-26-19-6-2-4-8-22(19)29-24/h1-14H. The van der Waals surface area contributed by atoms with Crippen molar-refractivity contribution in [3.05, 3.63) is 84.6 Å². The molecule has 3 heterocycles. The smallest absolute Gasteiger partial charge is 0.168 e. The number of nitrogens with zero attached hydrogens (tertiary/aromatic N) is 2. The van der Waals surface area contributed by atoms with E-state index < -0.39 is 0 Å². The summed E-state index contributed by atoms with van der Waals surface area (Å²) in [6.07, 6.45) is 1.73. The highest BCUT2D eigenvalue weighted by atomic mass is 32.2. The molecule has 30 heavy (non-hydrogen) atoms. The summed E-state index contributed by atoms with van der Waals surface area (Å²) in [4.78, 5) is 9.19. The van der Waals surface area contributed by atoms with Crippen LogP contribution in [0.1, 0.15) is 5.76 Å². The Morgan fingerprint density at radius 2 is 1.70 bits per heavy atom. The second-order valence-electron chi connectivity index (χ2n) is 6.74. The third kappa shape index (κ3) is 3.20. The van der Waals surface area contributed by atoms with Gasteiger partial charge in [-0.1, -0.05) is 30.3 Å². The van der Waals surface area contributed by atoms with Crippen LogP contribution in [0.3, 0.4) is 0 Å². The molecule has 6 rings (SSSR count). The van der Waals surface area contributed by atoms with Crippen molar-refractivity contribution in [3.63, 3.8) is 0 Å². The number of hydrogen-bond donors (Lipinski definition) is 0. The molecule has 0 fully saturated rings. The molecule has 0 amide bonds. The van der Waals surface area contributed by atoms with Gasteiger partial charge in [0.2, 0.25) is 0 Å². The Hall–Kier alpha value is -3.35. The van der Waals surface area contributed by atoms with E-state index in [0.717, 1.165) is 42.6 Å². The summed E-state index contributed by atoms with van der Waals surface area (Å²) < 4.78 is 14.0. The second kappa shape index (κ2) is 7.16. The molecule has 0 bridgehead atoms. The molecule has 0 aliphatic carbocycles. The maximum atomic E-state index is 5.93. The highest BCUT2D eigenvalue weighted by molar-refractivity contribution is 8.01. The Morgan fingerprint density at radius 3 is 2.67 bits per heavy atom. The lowest BCUT2D eigenvalue weighted by atomic mass is 10.1. The molecule has 6 heteroatoms. The molecule has 144 valence electrons. The van der Waals surface area contributed by atoms with E-state index >= 15 is 0 Å². The highest BCUT2D eigenvalue weighted by Gasteiger charge is 2.09. The van der Waals surface area contributed by atoms with Crippen molar-refractivity contribution in [3.8, 4) is 0 Å². The molecule has 0 atom stereocenters. The molecule has 4 nitrogen and oxygen atoms in total. The van der Waals surface area contributed by atoms with Gasteiger partial charge in [0.15, 0.2) is 9.43 Å². The van der Waals surface area contributed by atoms with E-state index in [4.69, 9.17) is 8.83 Å². The monoisotopic (exact) mass is 426 g/mol. The normalized spacial score (nSPS) is 12.0. The largest absolute Gasteiger partial charge is 0.456 e. The zero-order chi connectivity index (χ0) is 19.9. The Balaban J connectivity index is 1.23. The van der Waals surface area contributed by atoms with Gasteiger partial charge in [0.25, 0.3) is 0 Å². The van der Waals surface area contributed by atoms with Crippen LogP contribution in [-0.4, -0.2) is 11.2 Å². The molecular formula is C24H14N2O2S2. The van der Waals surface area contributed by atoms with Crippen molar-refractivity contribution in [1.82, 2.24) is 4.98 Å². The van der Waals surface area contributed by atoms with Crippen molar-refractivity contribution in [2.24, 2.45) is 4.99 Å². The van der Waals surface area contributed by atoms with Gasteiger partial charge >= 0.3 is 0 Å². The Labute approximate surface area is 179 Å². The quantitative estimate of drug-likeness (QED) is 0.271. The van der Waals surface area contributed by atoms with E-state index in [1.54, 1.807) is 17.6 Å². The molecular weight excluding hydrogens is 412 g/mol. The lowest BCUT2D eigenvalue weighted by molar-refractivity contribution is 0.469. The van der Waals surface area contributed by atoms with Crippen LogP contribution in [0.2, 0.25) is 0 Å². The van der Waals surface area contributed by atoms with Crippen LogP contribution in [-0.2, 0) is 0 Å². The molecule has 0 N–H and O–H groups in total. The van der Waals surface area contributed by atoms with Crippen LogP contribution < -0.4 is 0 Å². The van der Waals surface area contributed by atoms with Gasteiger partial charge in [-0.15, -0.1) is 11.3 Å². The minimum Gasteiger partial charge on any atom is -0.456 e. The summed E-state index contributed by atoms with van der Waals surface area (Å²) >= 11 is 3.19. The minimum atomic E-state index is 0.698. The van der Waals surface area contributed by atoms with E-state index in [0.29, 0.717) is 5.76 Å². The molecule has 0 aliphatic heterocycles. The number of hydrogen-bond acceptors (Lipinski definition) is 6. The number of para-hydroxylation sites is 2. The van der Waals surface area contributed by atoms with E-state index in [2.05, 4.69) is 22.1 Å². The summed E-state index contributed by atoms with van der Waals surface area (Å²) in [7, 11) is 0. The van der Waals surface area contributed by atoms with Gasteiger partial charge in [-0.05, 0) is 54.2 Å². The number of furan rings is 2. The van der Waals surface area contributed by atoms with Gasteiger partial charge in [-0.25, -0.2) is 4.98 Å². The van der Waals surface area contributed by atoms with Gasteiger partial charge in [0.1, 0.15) is 16.9 Å². The first-order valence-electron chi connectivity index (χ1n) is 9.40. The van der Waals surface area contributed by atoms with Crippen LogP contribution in [0, 0.1) is 0 Å². The summed E-state index contributed by atoms with van der Waals surface area (Å²) in [6.45, 7) is 0. The Kier molecular flexibility index (Phi) is 4.18. The third-order valence-electron chi connectivity index (χ3n) is 4.77. The topological polar surface area (TPSA) is 51.5 Å². The second-order valence-corrected chi connectivity index (χ2v) is 9.03. The van der Waals surface area contributed by atoms with E-state index in [1.165, 1.54) is 16.5 Å². The molecule has 3 aromatic heterocycles. The van der Waals surface area contributed by atoms with Gasteiger partial charge in [0.05, 0.1) is 22.1 Å². The lowest BCUT2D eigenvalue weighted by Crippen LogP contribution is -1.74. The first-order valence-corrected chi connectivity index (χ1v) is 11.0. The summed E-state index contributed by atoms with van der Waals surface area (Å²) in [5, 5.41) is 3.01. The summed E-state index contributed by atoms with van der Waals surface area (Å²) in [5.74, 6) is 0.698.